The number of carbonyl (C=O) groups excluding carboxylic acids is 6. The fraction of sp³-hybridized carbons (Fsp3) is 0.465. The highest BCUT2D eigenvalue weighted by atomic mass is 32.2. The Morgan fingerprint density at radius 3 is 1.80 bits per heavy atom. The number of benzene rings is 2. The van der Waals surface area contributed by atoms with Crippen molar-refractivity contribution in [3.8, 4) is 0 Å². The number of nitrogens with zero attached hydrogens (tertiary/aromatic N) is 4. The fourth-order valence-electron chi connectivity index (χ4n) is 7.49. The van der Waals surface area contributed by atoms with Gasteiger partial charge in [0.25, 0.3) is 48.9 Å². The van der Waals surface area contributed by atoms with Crippen molar-refractivity contribution in [1.29, 1.82) is 0 Å². The number of thiazole rings is 1. The first-order valence-electron chi connectivity index (χ1n) is 21.4. The van der Waals surface area contributed by atoms with Gasteiger partial charge in [-0.15, -0.1) is 10.1 Å². The molecule has 3 aromatic rings. The lowest BCUT2D eigenvalue weighted by molar-refractivity contribution is -0.669. The Labute approximate surface area is 385 Å². The van der Waals surface area contributed by atoms with Gasteiger partial charge in [0.1, 0.15) is 4.70 Å². The van der Waals surface area contributed by atoms with Crippen LogP contribution in [0, 0.1) is 0 Å². The van der Waals surface area contributed by atoms with E-state index in [2.05, 4.69) is 9.47 Å². The number of hydrogen-bond donors (Lipinski definition) is 2. The van der Waals surface area contributed by atoms with Gasteiger partial charge in [0.05, 0.1) is 22.2 Å². The molecule has 2 fully saturated rings. The number of unbranched alkanes of at least 4 members (excludes halogenated alkanes) is 4. The van der Waals surface area contributed by atoms with E-state index in [-0.39, 0.29) is 62.9 Å². The van der Waals surface area contributed by atoms with Gasteiger partial charge in [-0.1, -0.05) is 47.7 Å². The molecule has 2 saturated heterocycles. The van der Waals surface area contributed by atoms with E-state index < -0.39 is 55.8 Å². The number of hydrogen-bond acceptors (Lipinski definition) is 15. The molecule has 0 unspecified atom stereocenters. The van der Waals surface area contributed by atoms with Crippen molar-refractivity contribution in [2.75, 3.05) is 23.0 Å². The first kappa shape index (κ1) is 49.4. The molecular weight excluding hydrogens is 925 g/mol. The molecule has 0 atom stereocenters. The number of aromatic nitrogens is 1. The predicted octanol–water partition coefficient (Wildman–Crippen LogP) is 5.63. The van der Waals surface area contributed by atoms with Gasteiger partial charge < -0.3 is 14.6 Å². The van der Waals surface area contributed by atoms with Crippen LogP contribution in [-0.4, -0.2) is 89.7 Å². The molecule has 2 aromatic carbocycles. The van der Waals surface area contributed by atoms with Gasteiger partial charge in [0, 0.05) is 68.5 Å². The summed E-state index contributed by atoms with van der Waals surface area (Å²) in [6.45, 7) is 1.20. The van der Waals surface area contributed by atoms with Crippen molar-refractivity contribution in [3.05, 3.63) is 69.7 Å². The summed E-state index contributed by atoms with van der Waals surface area (Å²) in [7, 11) is -8.17. The average molecular weight is 976 g/mol. The molecule has 3 aliphatic rings. The minimum atomic E-state index is -4.09. The normalized spacial score (nSPS) is 16.3. The van der Waals surface area contributed by atoms with Gasteiger partial charge in [-0.2, -0.15) is 21.4 Å². The van der Waals surface area contributed by atoms with Crippen LogP contribution in [0.5, 0.6) is 0 Å². The first-order chi connectivity index (χ1) is 30.9. The van der Waals surface area contributed by atoms with Crippen LogP contribution < -0.4 is 9.47 Å². The summed E-state index contributed by atoms with van der Waals surface area (Å²) in [5, 5.41) is 2.95. The van der Waals surface area contributed by atoms with E-state index in [1.807, 2.05) is 54.6 Å². The van der Waals surface area contributed by atoms with Crippen LogP contribution in [0.1, 0.15) is 106 Å². The van der Waals surface area contributed by atoms with Crippen LogP contribution in [-0.2, 0) is 78.1 Å². The monoisotopic (exact) mass is 975 g/mol. The topological polar surface area (TPSA) is 243 Å². The molecule has 4 heterocycles. The highest BCUT2D eigenvalue weighted by molar-refractivity contribution is 8.03. The van der Waals surface area contributed by atoms with Crippen molar-refractivity contribution >= 4 is 101 Å². The molecule has 18 nitrogen and oxygen atoms in total. The molecule has 0 bridgehead atoms. The minimum Gasteiger partial charge on any atom is -0.335 e. The van der Waals surface area contributed by atoms with Crippen molar-refractivity contribution in [1.82, 2.24) is 10.1 Å². The number of hydroxylamine groups is 4. The SMILES string of the molecule is O=C(CCCCCN1/C(=C/C=C/c2sc3cc(CCCS(=O)(=O)O)ccc3[n+]2CCCCCC(=O)ON2C(=O)CCC2=O)Sc2cc(CCCS(=O)(=O)O)ccc21)ON1C(=O)CCC1=O. The summed E-state index contributed by atoms with van der Waals surface area (Å²) < 4.78 is 66.9. The molecule has 1 aromatic heterocycles. The predicted molar refractivity (Wildman–Crippen MR) is 240 cm³/mol. The lowest BCUT2D eigenvalue weighted by atomic mass is 10.1. The van der Waals surface area contributed by atoms with Crippen molar-refractivity contribution < 1.29 is 69.0 Å². The Morgan fingerprint density at radius 1 is 0.692 bits per heavy atom. The van der Waals surface area contributed by atoms with Crippen molar-refractivity contribution in [2.24, 2.45) is 0 Å². The second-order valence-electron chi connectivity index (χ2n) is 15.8. The highest BCUT2D eigenvalue weighted by Crippen LogP contribution is 2.46. The maximum Gasteiger partial charge on any atom is 0.333 e. The van der Waals surface area contributed by atoms with Gasteiger partial charge >= 0.3 is 11.9 Å². The van der Waals surface area contributed by atoms with Crippen LogP contribution in [0.2, 0.25) is 0 Å². The largest absolute Gasteiger partial charge is 0.335 e. The maximum absolute atomic E-state index is 12.4. The molecule has 22 heteroatoms. The Bertz CT molecular complexity index is 2580. The number of thioether (sulfide) groups is 1. The lowest BCUT2D eigenvalue weighted by Crippen LogP contribution is -2.35. The standard InChI is InChI=1S/C43H50N4O14S4/c48-36-20-21-37(49)46(36)60-42(52)14-3-1-5-24-44-32-18-16-30(10-8-26-64(54,55)56)28-34(32)62-40(44)12-7-13-41-45(25-6-2-4-15-43(53)61-47-38(50)22-23-39(47)51)33-19-17-31(29-35(33)63-41)11-9-27-65(57,58)59/h7,12-13,16-19,28-29H,1-6,8-11,14-15,20-27H2,(H-,54,55,56,57,58,59)/p+1. The molecule has 0 aliphatic carbocycles. The van der Waals surface area contributed by atoms with Crippen LogP contribution >= 0.6 is 23.1 Å². The number of amides is 4. The van der Waals surface area contributed by atoms with Gasteiger partial charge in [0.2, 0.25) is 5.52 Å². The van der Waals surface area contributed by atoms with E-state index >= 15 is 0 Å². The molecular formula is C43H51N4O14S4+. The summed E-state index contributed by atoms with van der Waals surface area (Å²) in [6, 6.07) is 11.9. The molecule has 3 aliphatic heterocycles. The van der Waals surface area contributed by atoms with E-state index in [1.165, 1.54) is 0 Å². The molecule has 65 heavy (non-hydrogen) atoms. The Hall–Kier alpha value is -5.00. The second-order valence-corrected chi connectivity index (χ2v) is 21.1. The van der Waals surface area contributed by atoms with Gasteiger partial charge in [-0.25, -0.2) is 9.59 Å². The quantitative estimate of drug-likeness (QED) is 0.0478. The first-order valence-corrected chi connectivity index (χ1v) is 26.2. The number of aryl methyl sites for hydroxylation is 3. The molecule has 2 N–H and O–H groups in total. The molecule has 350 valence electrons. The van der Waals surface area contributed by atoms with Gasteiger partial charge in [0.15, 0.2) is 6.54 Å². The zero-order valence-corrected chi connectivity index (χ0v) is 38.8. The highest BCUT2D eigenvalue weighted by Gasteiger charge is 2.34. The van der Waals surface area contributed by atoms with Crippen LogP contribution in [0.15, 0.2) is 58.5 Å². The number of imide groups is 2. The number of allylic oxidation sites excluding steroid dienone is 2. The third-order valence-electron chi connectivity index (χ3n) is 10.7. The van der Waals surface area contributed by atoms with E-state index in [0.29, 0.717) is 74.6 Å². The zero-order valence-electron chi connectivity index (χ0n) is 35.6. The van der Waals surface area contributed by atoms with Crippen LogP contribution in [0.25, 0.3) is 16.3 Å². The lowest BCUT2D eigenvalue weighted by Gasteiger charge is -2.20. The Morgan fingerprint density at radius 2 is 1.23 bits per heavy atom. The average Bonchev–Trinajstić information content (AvgIpc) is 3.96. The summed E-state index contributed by atoms with van der Waals surface area (Å²) in [6.07, 6.45) is 11.2. The summed E-state index contributed by atoms with van der Waals surface area (Å²) in [4.78, 5) is 85.2. The summed E-state index contributed by atoms with van der Waals surface area (Å²) in [5.74, 6) is -4.10. The van der Waals surface area contributed by atoms with Gasteiger partial charge in [-0.3, -0.25) is 28.3 Å². The summed E-state index contributed by atoms with van der Waals surface area (Å²) >= 11 is 3.11. The molecule has 6 rings (SSSR count). The minimum absolute atomic E-state index is 0.0194. The third kappa shape index (κ3) is 14.5. The molecule has 4 amide bonds. The van der Waals surface area contributed by atoms with Crippen molar-refractivity contribution in [3.63, 3.8) is 0 Å². The smallest absolute Gasteiger partial charge is 0.333 e. The van der Waals surface area contributed by atoms with Crippen molar-refractivity contribution in [2.45, 2.75) is 114 Å². The van der Waals surface area contributed by atoms with E-state index in [9.17, 15) is 54.7 Å². The number of rotatable bonds is 24. The number of fused-ring (bicyclic) bond motifs is 2. The Kier molecular flexibility index (Phi) is 17.1. The maximum atomic E-state index is 12.4. The Balaban J connectivity index is 1.15. The molecule has 0 spiro atoms. The summed E-state index contributed by atoms with van der Waals surface area (Å²) in [5.41, 5.74) is 3.75. The number of anilines is 1. The van der Waals surface area contributed by atoms with E-state index in [4.69, 9.17) is 9.68 Å². The fourth-order valence-corrected chi connectivity index (χ4v) is 10.8. The van der Waals surface area contributed by atoms with E-state index in [0.717, 1.165) is 42.0 Å². The number of carbonyl (C=O) groups is 6. The molecule has 0 radical (unpaired) electrons. The third-order valence-corrected chi connectivity index (χ3v) is 14.6. The van der Waals surface area contributed by atoms with Crippen LogP contribution in [0.3, 0.4) is 0 Å². The zero-order chi connectivity index (χ0) is 46.7. The van der Waals surface area contributed by atoms with E-state index in [1.54, 1.807) is 23.1 Å². The second kappa shape index (κ2) is 22.5. The molecule has 0 saturated carbocycles. The van der Waals surface area contributed by atoms with Gasteiger partial charge in [-0.05, 0) is 86.8 Å². The van der Waals surface area contributed by atoms with Crippen LogP contribution in [0.4, 0.5) is 5.69 Å².